The third kappa shape index (κ3) is 3.42. The summed E-state index contributed by atoms with van der Waals surface area (Å²) in [6, 6.07) is 16.3. The van der Waals surface area contributed by atoms with E-state index in [1.807, 2.05) is 42.6 Å². The van der Waals surface area contributed by atoms with E-state index in [0.29, 0.717) is 0 Å². The Morgan fingerprint density at radius 1 is 0.920 bits per heavy atom. The lowest BCUT2D eigenvalue weighted by Crippen LogP contribution is -2.46. The van der Waals surface area contributed by atoms with E-state index in [2.05, 4.69) is 26.9 Å². The van der Waals surface area contributed by atoms with E-state index in [-0.39, 0.29) is 0 Å². The van der Waals surface area contributed by atoms with Crippen LogP contribution in [0.25, 0.3) is 11.0 Å². The van der Waals surface area contributed by atoms with Crippen LogP contribution in [0.4, 0.5) is 5.82 Å². The molecule has 0 N–H and O–H groups in total. The molecule has 0 radical (unpaired) electrons. The molecular weight excluding hydrogens is 312 g/mol. The van der Waals surface area contributed by atoms with Gasteiger partial charge in [-0.1, -0.05) is 30.3 Å². The summed E-state index contributed by atoms with van der Waals surface area (Å²) < 4.78 is 5.46. The minimum absolute atomic E-state index is 0.918. The number of benzene rings is 2. The van der Waals surface area contributed by atoms with Gasteiger partial charge in [-0.2, -0.15) is 0 Å². The monoisotopic (exact) mass is 334 g/mol. The van der Waals surface area contributed by atoms with Crippen LogP contribution in [0.1, 0.15) is 5.56 Å². The van der Waals surface area contributed by atoms with Gasteiger partial charge in [-0.25, -0.2) is 4.98 Å². The molecule has 3 aromatic rings. The minimum Gasteiger partial charge on any atom is -0.496 e. The number of para-hydroxylation sites is 3. The highest BCUT2D eigenvalue weighted by Crippen LogP contribution is 2.21. The largest absolute Gasteiger partial charge is 0.496 e. The highest BCUT2D eigenvalue weighted by molar-refractivity contribution is 5.75. The van der Waals surface area contributed by atoms with Crippen molar-refractivity contribution in [2.45, 2.75) is 6.54 Å². The molecule has 1 aliphatic heterocycles. The second-order valence-electron chi connectivity index (χ2n) is 6.29. The number of hydrogen-bond donors (Lipinski definition) is 0. The summed E-state index contributed by atoms with van der Waals surface area (Å²) in [6.45, 7) is 4.85. The average Bonchev–Trinajstić information content (AvgIpc) is 2.68. The highest BCUT2D eigenvalue weighted by atomic mass is 16.5. The number of methoxy groups -OCH3 is 1. The van der Waals surface area contributed by atoms with Gasteiger partial charge in [-0.3, -0.25) is 9.88 Å². The number of hydrogen-bond acceptors (Lipinski definition) is 5. The molecule has 25 heavy (non-hydrogen) atoms. The van der Waals surface area contributed by atoms with Gasteiger partial charge < -0.3 is 9.64 Å². The second-order valence-corrected chi connectivity index (χ2v) is 6.29. The van der Waals surface area contributed by atoms with Crippen molar-refractivity contribution in [2.24, 2.45) is 0 Å². The van der Waals surface area contributed by atoms with Crippen LogP contribution in [0.15, 0.2) is 54.7 Å². The van der Waals surface area contributed by atoms with Gasteiger partial charge in [-0.05, 0) is 18.2 Å². The molecule has 1 aliphatic rings. The van der Waals surface area contributed by atoms with E-state index in [4.69, 9.17) is 9.72 Å². The molecule has 5 heteroatoms. The number of fused-ring (bicyclic) bond motifs is 1. The Hall–Kier alpha value is -2.66. The number of anilines is 1. The van der Waals surface area contributed by atoms with Crippen molar-refractivity contribution in [3.05, 3.63) is 60.3 Å². The summed E-state index contributed by atoms with van der Waals surface area (Å²) in [5.41, 5.74) is 3.14. The SMILES string of the molecule is COc1ccccc1CN1CCN(c2cnc3ccccc3n2)CC1. The van der Waals surface area contributed by atoms with Crippen molar-refractivity contribution in [1.29, 1.82) is 0 Å². The van der Waals surface area contributed by atoms with E-state index >= 15 is 0 Å². The standard InChI is InChI=1S/C20H22N4O/c1-25-19-9-5-2-6-16(19)15-23-10-12-24(13-11-23)20-14-21-17-7-3-4-8-18(17)22-20/h2-9,14H,10-13,15H2,1H3. The fourth-order valence-corrected chi connectivity index (χ4v) is 3.31. The molecule has 1 fully saturated rings. The van der Waals surface area contributed by atoms with Crippen LogP contribution < -0.4 is 9.64 Å². The van der Waals surface area contributed by atoms with Gasteiger partial charge in [-0.15, -0.1) is 0 Å². The van der Waals surface area contributed by atoms with Gasteiger partial charge in [0.25, 0.3) is 0 Å². The topological polar surface area (TPSA) is 41.5 Å². The zero-order chi connectivity index (χ0) is 17.1. The zero-order valence-corrected chi connectivity index (χ0v) is 14.4. The predicted octanol–water partition coefficient (Wildman–Crippen LogP) is 2.96. The Kier molecular flexibility index (Phi) is 4.48. The first-order valence-electron chi connectivity index (χ1n) is 8.64. The number of ether oxygens (including phenoxy) is 1. The first kappa shape index (κ1) is 15.8. The Bertz CT molecular complexity index is 859. The van der Waals surface area contributed by atoms with Crippen LogP contribution in [0.5, 0.6) is 5.75 Å². The third-order valence-electron chi connectivity index (χ3n) is 4.72. The maximum absolute atomic E-state index is 5.46. The summed E-state index contributed by atoms with van der Waals surface area (Å²) in [6.07, 6.45) is 1.89. The molecule has 1 saturated heterocycles. The highest BCUT2D eigenvalue weighted by Gasteiger charge is 2.19. The summed E-state index contributed by atoms with van der Waals surface area (Å²) in [5.74, 6) is 1.93. The Morgan fingerprint density at radius 2 is 1.64 bits per heavy atom. The van der Waals surface area contributed by atoms with Crippen LogP contribution in [0.3, 0.4) is 0 Å². The number of rotatable bonds is 4. The molecule has 5 nitrogen and oxygen atoms in total. The molecule has 0 amide bonds. The van der Waals surface area contributed by atoms with Crippen LogP contribution in [-0.4, -0.2) is 48.2 Å². The molecule has 128 valence electrons. The molecule has 2 heterocycles. The van der Waals surface area contributed by atoms with Crippen molar-refractivity contribution >= 4 is 16.9 Å². The van der Waals surface area contributed by atoms with E-state index in [1.165, 1.54) is 5.56 Å². The Labute approximate surface area is 147 Å². The van der Waals surface area contributed by atoms with E-state index < -0.39 is 0 Å². The van der Waals surface area contributed by atoms with E-state index in [1.54, 1.807) is 7.11 Å². The van der Waals surface area contributed by atoms with Gasteiger partial charge >= 0.3 is 0 Å². The number of aromatic nitrogens is 2. The molecule has 0 saturated carbocycles. The summed E-state index contributed by atoms with van der Waals surface area (Å²) >= 11 is 0. The summed E-state index contributed by atoms with van der Waals surface area (Å²) in [7, 11) is 1.73. The molecule has 1 aromatic heterocycles. The van der Waals surface area contributed by atoms with E-state index in [0.717, 1.165) is 55.3 Å². The first-order valence-corrected chi connectivity index (χ1v) is 8.64. The fraction of sp³-hybridized carbons (Fsp3) is 0.300. The lowest BCUT2D eigenvalue weighted by molar-refractivity contribution is 0.245. The molecular formula is C20H22N4O. The van der Waals surface area contributed by atoms with Crippen molar-refractivity contribution in [1.82, 2.24) is 14.9 Å². The van der Waals surface area contributed by atoms with Crippen molar-refractivity contribution in [3.63, 3.8) is 0 Å². The molecule has 0 spiro atoms. The van der Waals surface area contributed by atoms with Gasteiger partial charge in [0.05, 0.1) is 24.3 Å². The summed E-state index contributed by atoms with van der Waals surface area (Å²) in [5, 5.41) is 0. The molecule has 0 atom stereocenters. The normalized spacial score (nSPS) is 15.5. The maximum Gasteiger partial charge on any atom is 0.147 e. The number of nitrogens with zero attached hydrogens (tertiary/aromatic N) is 4. The molecule has 4 rings (SSSR count). The van der Waals surface area contributed by atoms with Crippen LogP contribution in [0, 0.1) is 0 Å². The molecule has 2 aromatic carbocycles. The van der Waals surface area contributed by atoms with Crippen LogP contribution >= 0.6 is 0 Å². The van der Waals surface area contributed by atoms with Gasteiger partial charge in [0, 0.05) is 38.3 Å². The van der Waals surface area contributed by atoms with Crippen molar-refractivity contribution < 1.29 is 4.74 Å². The van der Waals surface area contributed by atoms with Crippen molar-refractivity contribution in [2.75, 3.05) is 38.2 Å². The molecule has 0 unspecified atom stereocenters. The van der Waals surface area contributed by atoms with Gasteiger partial charge in [0.1, 0.15) is 11.6 Å². The lowest BCUT2D eigenvalue weighted by atomic mass is 10.1. The van der Waals surface area contributed by atoms with Gasteiger partial charge in [0.2, 0.25) is 0 Å². The summed E-state index contributed by atoms with van der Waals surface area (Å²) in [4.78, 5) is 14.1. The zero-order valence-electron chi connectivity index (χ0n) is 14.4. The quantitative estimate of drug-likeness (QED) is 0.734. The maximum atomic E-state index is 5.46. The predicted molar refractivity (Wildman–Crippen MR) is 100 cm³/mol. The van der Waals surface area contributed by atoms with Crippen molar-refractivity contribution in [3.8, 4) is 5.75 Å². The Morgan fingerprint density at radius 3 is 2.44 bits per heavy atom. The third-order valence-corrected chi connectivity index (χ3v) is 4.72. The lowest BCUT2D eigenvalue weighted by Gasteiger charge is -2.35. The van der Waals surface area contributed by atoms with E-state index in [9.17, 15) is 0 Å². The van der Waals surface area contributed by atoms with Crippen LogP contribution in [-0.2, 0) is 6.54 Å². The average molecular weight is 334 g/mol. The Balaban J connectivity index is 1.42. The van der Waals surface area contributed by atoms with Gasteiger partial charge in [0.15, 0.2) is 0 Å². The number of piperazine rings is 1. The first-order chi connectivity index (χ1) is 12.3. The second kappa shape index (κ2) is 7.07. The minimum atomic E-state index is 0.918. The smallest absolute Gasteiger partial charge is 0.147 e. The molecule has 0 bridgehead atoms. The fourth-order valence-electron chi connectivity index (χ4n) is 3.31. The molecule has 0 aliphatic carbocycles. The van der Waals surface area contributed by atoms with Crippen LogP contribution in [0.2, 0.25) is 0 Å².